The number of benzene rings is 2. The predicted octanol–water partition coefficient (Wildman–Crippen LogP) is 4.47. The monoisotopic (exact) mass is 333 g/mol. The van der Waals surface area contributed by atoms with E-state index < -0.39 is 0 Å². The van der Waals surface area contributed by atoms with E-state index in [1.165, 1.54) is 5.56 Å². The third-order valence-corrected chi connectivity index (χ3v) is 4.14. The molecule has 0 aliphatic rings. The van der Waals surface area contributed by atoms with Gasteiger partial charge in [0, 0.05) is 12.6 Å². The maximum Gasteiger partial charge on any atom is 0.179 e. The topological polar surface area (TPSA) is 30.5 Å². The molecule has 4 heteroatoms. The highest BCUT2D eigenvalue weighted by atomic mass is 35.5. The average molecular weight is 334 g/mol. The van der Waals surface area contributed by atoms with E-state index in [-0.39, 0.29) is 0 Å². The van der Waals surface area contributed by atoms with Crippen molar-refractivity contribution in [1.29, 1.82) is 0 Å². The van der Waals surface area contributed by atoms with Crippen molar-refractivity contribution in [3.8, 4) is 11.5 Å². The van der Waals surface area contributed by atoms with Crippen LogP contribution in [0.25, 0.3) is 0 Å². The van der Waals surface area contributed by atoms with E-state index >= 15 is 0 Å². The van der Waals surface area contributed by atoms with Crippen molar-refractivity contribution >= 4 is 11.6 Å². The quantitative estimate of drug-likeness (QED) is 0.773. The van der Waals surface area contributed by atoms with Crippen LogP contribution in [-0.2, 0) is 13.0 Å². The molecule has 2 rings (SSSR count). The maximum absolute atomic E-state index is 6.24. The second-order valence-electron chi connectivity index (χ2n) is 5.62. The first kappa shape index (κ1) is 17.6. The highest BCUT2D eigenvalue weighted by molar-refractivity contribution is 6.32. The smallest absolute Gasteiger partial charge is 0.179 e. The predicted molar refractivity (Wildman–Crippen MR) is 95.6 cm³/mol. The summed E-state index contributed by atoms with van der Waals surface area (Å²) in [6, 6.07) is 14.8. The number of aryl methyl sites for hydroxylation is 1. The van der Waals surface area contributed by atoms with Gasteiger partial charge in [0.15, 0.2) is 11.5 Å². The molecule has 0 spiro atoms. The Balaban J connectivity index is 1.89. The van der Waals surface area contributed by atoms with Gasteiger partial charge in [-0.3, -0.25) is 0 Å². The van der Waals surface area contributed by atoms with Crippen LogP contribution in [0.4, 0.5) is 0 Å². The summed E-state index contributed by atoms with van der Waals surface area (Å²) in [5.74, 6) is 1.24. The zero-order valence-corrected chi connectivity index (χ0v) is 14.7. The Hall–Kier alpha value is -1.71. The lowest BCUT2D eigenvalue weighted by atomic mass is 10.1. The number of hydrogen-bond acceptors (Lipinski definition) is 3. The molecule has 0 heterocycles. The second kappa shape index (κ2) is 8.80. The third-order valence-electron chi connectivity index (χ3n) is 3.86. The van der Waals surface area contributed by atoms with Gasteiger partial charge in [-0.05, 0) is 43.0 Å². The van der Waals surface area contributed by atoms with Crippen molar-refractivity contribution in [2.24, 2.45) is 0 Å². The zero-order chi connectivity index (χ0) is 16.7. The highest BCUT2D eigenvalue weighted by Gasteiger charge is 2.11. The fraction of sp³-hybridized carbons (Fsp3) is 0.368. The molecular formula is C19H24ClNO2. The van der Waals surface area contributed by atoms with Crippen molar-refractivity contribution in [3.05, 3.63) is 58.6 Å². The van der Waals surface area contributed by atoms with Gasteiger partial charge >= 0.3 is 0 Å². The van der Waals surface area contributed by atoms with E-state index in [1.807, 2.05) is 18.2 Å². The molecule has 2 aromatic carbocycles. The molecule has 1 N–H and O–H groups in total. The summed E-state index contributed by atoms with van der Waals surface area (Å²) in [7, 11) is 3.21. The van der Waals surface area contributed by atoms with Gasteiger partial charge in [0.05, 0.1) is 19.2 Å². The number of methoxy groups -OCH3 is 2. The van der Waals surface area contributed by atoms with Gasteiger partial charge in [0.2, 0.25) is 0 Å². The number of hydrogen-bond donors (Lipinski definition) is 1. The van der Waals surface area contributed by atoms with E-state index in [0.717, 1.165) is 24.9 Å². The fourth-order valence-corrected chi connectivity index (χ4v) is 2.81. The van der Waals surface area contributed by atoms with Crippen LogP contribution in [0.15, 0.2) is 42.5 Å². The molecular weight excluding hydrogens is 310 g/mol. The molecule has 0 unspecified atom stereocenters. The number of rotatable bonds is 8. The molecule has 23 heavy (non-hydrogen) atoms. The van der Waals surface area contributed by atoms with E-state index in [2.05, 4.69) is 36.5 Å². The Morgan fingerprint density at radius 1 is 1.04 bits per heavy atom. The minimum absolute atomic E-state index is 0.419. The summed E-state index contributed by atoms with van der Waals surface area (Å²) in [5, 5.41) is 4.10. The average Bonchev–Trinajstić information content (AvgIpc) is 2.58. The fourth-order valence-electron chi connectivity index (χ4n) is 2.50. The van der Waals surface area contributed by atoms with Gasteiger partial charge in [-0.2, -0.15) is 0 Å². The minimum Gasteiger partial charge on any atom is -0.493 e. The summed E-state index contributed by atoms with van der Waals surface area (Å²) in [5.41, 5.74) is 2.45. The minimum atomic E-state index is 0.419. The third kappa shape index (κ3) is 5.15. The Morgan fingerprint density at radius 3 is 2.43 bits per heavy atom. The SMILES string of the molecule is COc1cc(CN[C@@H](C)CCc2ccccc2)cc(Cl)c1OC. The summed E-state index contributed by atoms with van der Waals surface area (Å²) in [6.07, 6.45) is 2.16. The van der Waals surface area contributed by atoms with Crippen molar-refractivity contribution in [3.63, 3.8) is 0 Å². The lowest BCUT2D eigenvalue weighted by Crippen LogP contribution is -2.26. The molecule has 3 nitrogen and oxygen atoms in total. The highest BCUT2D eigenvalue weighted by Crippen LogP contribution is 2.35. The van der Waals surface area contributed by atoms with Crippen LogP contribution in [0.1, 0.15) is 24.5 Å². The van der Waals surface area contributed by atoms with Crippen LogP contribution < -0.4 is 14.8 Å². The van der Waals surface area contributed by atoms with Crippen LogP contribution in [0.5, 0.6) is 11.5 Å². The molecule has 2 aromatic rings. The van der Waals surface area contributed by atoms with Gasteiger partial charge in [0.1, 0.15) is 0 Å². The number of halogens is 1. The van der Waals surface area contributed by atoms with Crippen LogP contribution in [0.2, 0.25) is 5.02 Å². The number of ether oxygens (including phenoxy) is 2. The standard InChI is InChI=1S/C19H24ClNO2/c1-14(9-10-15-7-5-4-6-8-15)21-13-16-11-17(20)19(23-3)18(12-16)22-2/h4-8,11-12,14,21H,9-10,13H2,1-3H3/t14-/m0/s1. The van der Waals surface area contributed by atoms with Crippen LogP contribution in [-0.4, -0.2) is 20.3 Å². The Morgan fingerprint density at radius 2 is 1.78 bits per heavy atom. The molecule has 0 radical (unpaired) electrons. The molecule has 0 aliphatic carbocycles. The van der Waals surface area contributed by atoms with Gasteiger partial charge in [-0.15, -0.1) is 0 Å². The summed E-state index contributed by atoms with van der Waals surface area (Å²) >= 11 is 6.24. The Bertz CT molecular complexity index is 616. The molecule has 1 atom stereocenters. The van der Waals surface area contributed by atoms with Crippen LogP contribution >= 0.6 is 11.6 Å². The molecule has 0 aromatic heterocycles. The summed E-state index contributed by atoms with van der Waals surface area (Å²) in [4.78, 5) is 0. The van der Waals surface area contributed by atoms with Gasteiger partial charge in [-0.25, -0.2) is 0 Å². The van der Waals surface area contributed by atoms with E-state index in [4.69, 9.17) is 21.1 Å². The largest absolute Gasteiger partial charge is 0.493 e. The molecule has 0 saturated carbocycles. The van der Waals surface area contributed by atoms with E-state index in [9.17, 15) is 0 Å². The van der Waals surface area contributed by atoms with Crippen molar-refractivity contribution in [2.75, 3.05) is 14.2 Å². The Kier molecular flexibility index (Phi) is 6.75. The first-order chi connectivity index (χ1) is 11.1. The van der Waals surface area contributed by atoms with Crippen LogP contribution in [0, 0.1) is 0 Å². The summed E-state index contributed by atoms with van der Waals surface area (Å²) in [6.45, 7) is 2.95. The van der Waals surface area contributed by atoms with Crippen molar-refractivity contribution in [1.82, 2.24) is 5.32 Å². The zero-order valence-electron chi connectivity index (χ0n) is 13.9. The van der Waals surface area contributed by atoms with E-state index in [0.29, 0.717) is 22.6 Å². The molecule has 0 aliphatic heterocycles. The van der Waals surface area contributed by atoms with Crippen molar-refractivity contribution in [2.45, 2.75) is 32.4 Å². The molecule has 0 saturated heterocycles. The molecule has 0 fully saturated rings. The van der Waals surface area contributed by atoms with Crippen LogP contribution in [0.3, 0.4) is 0 Å². The normalized spacial score (nSPS) is 12.0. The first-order valence-corrected chi connectivity index (χ1v) is 8.19. The lowest BCUT2D eigenvalue weighted by molar-refractivity contribution is 0.354. The second-order valence-corrected chi connectivity index (χ2v) is 6.03. The maximum atomic E-state index is 6.24. The van der Waals surface area contributed by atoms with Gasteiger partial charge in [0.25, 0.3) is 0 Å². The van der Waals surface area contributed by atoms with Crippen molar-refractivity contribution < 1.29 is 9.47 Å². The summed E-state index contributed by atoms with van der Waals surface area (Å²) < 4.78 is 10.6. The molecule has 0 bridgehead atoms. The molecule has 124 valence electrons. The van der Waals surface area contributed by atoms with Gasteiger partial charge in [-0.1, -0.05) is 41.9 Å². The van der Waals surface area contributed by atoms with Gasteiger partial charge < -0.3 is 14.8 Å². The lowest BCUT2D eigenvalue weighted by Gasteiger charge is -2.16. The first-order valence-electron chi connectivity index (χ1n) is 7.81. The Labute approximate surface area is 143 Å². The molecule has 0 amide bonds. The van der Waals surface area contributed by atoms with E-state index in [1.54, 1.807) is 14.2 Å². The number of nitrogens with one attached hydrogen (secondary N) is 1.